The molecular weight excluding hydrogens is 268 g/mol. The molecule has 0 saturated heterocycles. The largest absolute Gasteiger partial charge is 0.540 e. The Hall–Kier alpha value is -1.55. The summed E-state index contributed by atoms with van der Waals surface area (Å²) in [5.74, 6) is 0.514. The van der Waals surface area contributed by atoms with Crippen LogP contribution in [0, 0.1) is 0 Å². The number of carbonyl (C=O) groups excluding carboxylic acids is 1. The van der Waals surface area contributed by atoms with E-state index in [1.54, 1.807) is 0 Å². The molecule has 1 aromatic carbocycles. The third kappa shape index (κ3) is 4.23. The number of benzene rings is 1. The quantitative estimate of drug-likeness (QED) is 0.319. The van der Waals surface area contributed by atoms with Crippen molar-refractivity contribution in [3.8, 4) is 5.75 Å². The van der Waals surface area contributed by atoms with Gasteiger partial charge in [-0.1, -0.05) is 26.5 Å². The molecule has 0 aliphatic rings. The number of ether oxygens (including phenoxy) is 1. The molecule has 0 amide bonds. The second-order valence-electron chi connectivity index (χ2n) is 4.46. The summed E-state index contributed by atoms with van der Waals surface area (Å²) < 4.78 is 10.2. The lowest BCUT2D eigenvalue weighted by Gasteiger charge is -2.16. The van der Waals surface area contributed by atoms with E-state index in [-0.39, 0.29) is 5.97 Å². The zero-order valence-corrected chi connectivity index (χ0v) is 13.2. The smallest absolute Gasteiger partial charge is 0.341 e. The van der Waals surface area contributed by atoms with Gasteiger partial charge in [0.25, 0.3) is 0 Å². The molecule has 0 unspecified atom stereocenters. The van der Waals surface area contributed by atoms with Gasteiger partial charge in [0.2, 0.25) is 0 Å². The standard InChI is InChI=1S/C16H21O3Si/c1-4-13-12(8-7-11-18-16(17)6-3)9-10-15(19-20)14(13)5-2/h6,9-10H,3-5,7-8,11H2,1-2H3. The Kier molecular flexibility index (Phi) is 7.08. The zero-order valence-electron chi connectivity index (χ0n) is 12.2. The summed E-state index contributed by atoms with van der Waals surface area (Å²) in [6.45, 7) is 8.07. The molecule has 0 bridgehead atoms. The van der Waals surface area contributed by atoms with Gasteiger partial charge in [-0.05, 0) is 48.4 Å². The van der Waals surface area contributed by atoms with Crippen LogP contribution < -0.4 is 4.43 Å². The van der Waals surface area contributed by atoms with Gasteiger partial charge in [0, 0.05) is 6.08 Å². The van der Waals surface area contributed by atoms with Crippen molar-refractivity contribution in [2.75, 3.05) is 6.61 Å². The molecule has 3 nitrogen and oxygen atoms in total. The van der Waals surface area contributed by atoms with Crippen molar-refractivity contribution in [2.45, 2.75) is 39.5 Å². The minimum absolute atomic E-state index is 0.363. The van der Waals surface area contributed by atoms with Gasteiger partial charge in [-0.2, -0.15) is 0 Å². The van der Waals surface area contributed by atoms with Crippen LogP contribution in [-0.4, -0.2) is 23.1 Å². The maximum Gasteiger partial charge on any atom is 0.341 e. The summed E-state index contributed by atoms with van der Waals surface area (Å²) in [4.78, 5) is 11.0. The van der Waals surface area contributed by atoms with Crippen LogP contribution in [0.1, 0.15) is 37.0 Å². The number of hydrogen-bond acceptors (Lipinski definition) is 3. The second kappa shape index (κ2) is 8.58. The minimum atomic E-state index is -0.363. The monoisotopic (exact) mass is 289 g/mol. The number of rotatable bonds is 8. The normalized spacial score (nSPS) is 10.2. The van der Waals surface area contributed by atoms with Crippen LogP contribution in [0.5, 0.6) is 5.75 Å². The predicted octanol–water partition coefficient (Wildman–Crippen LogP) is 2.94. The molecular formula is C16H21O3Si. The van der Waals surface area contributed by atoms with Gasteiger partial charge in [0.15, 0.2) is 0 Å². The lowest BCUT2D eigenvalue weighted by molar-refractivity contribution is -0.137. The molecule has 0 aromatic heterocycles. The van der Waals surface area contributed by atoms with Gasteiger partial charge in [-0.25, -0.2) is 4.79 Å². The average Bonchev–Trinajstić information content (AvgIpc) is 2.49. The molecule has 3 radical (unpaired) electrons. The molecule has 0 N–H and O–H groups in total. The van der Waals surface area contributed by atoms with E-state index in [2.05, 4.69) is 37.0 Å². The molecule has 0 atom stereocenters. The van der Waals surface area contributed by atoms with Crippen molar-refractivity contribution in [3.63, 3.8) is 0 Å². The molecule has 1 aromatic rings. The van der Waals surface area contributed by atoms with E-state index < -0.39 is 0 Å². The van der Waals surface area contributed by atoms with Gasteiger partial charge >= 0.3 is 16.5 Å². The summed E-state index contributed by atoms with van der Waals surface area (Å²) in [5.41, 5.74) is 3.87. The molecule has 107 valence electrons. The highest BCUT2D eigenvalue weighted by molar-refractivity contribution is 6.00. The molecule has 0 heterocycles. The molecule has 0 saturated carbocycles. The van der Waals surface area contributed by atoms with Crippen molar-refractivity contribution in [2.24, 2.45) is 0 Å². The third-order valence-corrected chi connectivity index (χ3v) is 3.52. The number of carbonyl (C=O) groups is 1. The fourth-order valence-electron chi connectivity index (χ4n) is 2.37. The van der Waals surface area contributed by atoms with Crippen LogP contribution in [0.15, 0.2) is 24.8 Å². The first-order valence-corrected chi connectivity index (χ1v) is 7.35. The third-order valence-electron chi connectivity index (χ3n) is 3.30. The lowest BCUT2D eigenvalue weighted by Crippen LogP contribution is -2.06. The van der Waals surface area contributed by atoms with Crippen LogP contribution in [0.4, 0.5) is 0 Å². The predicted molar refractivity (Wildman–Crippen MR) is 81.1 cm³/mol. The number of aryl methyl sites for hydroxylation is 1. The van der Waals surface area contributed by atoms with Gasteiger partial charge in [-0.15, -0.1) is 0 Å². The van der Waals surface area contributed by atoms with Crippen molar-refractivity contribution < 1.29 is 14.0 Å². The highest BCUT2D eigenvalue weighted by atomic mass is 28.2. The van der Waals surface area contributed by atoms with Crippen molar-refractivity contribution in [1.82, 2.24) is 0 Å². The first kappa shape index (κ1) is 16.5. The van der Waals surface area contributed by atoms with Gasteiger partial charge in [0.1, 0.15) is 5.75 Å². The SMILES string of the molecule is C=CC(=O)OCCCc1ccc(O[Si])c(CC)c1CC. The Morgan fingerprint density at radius 2 is 2.00 bits per heavy atom. The van der Waals surface area contributed by atoms with Crippen molar-refractivity contribution in [3.05, 3.63) is 41.5 Å². The van der Waals surface area contributed by atoms with Crippen LogP contribution in [0.2, 0.25) is 0 Å². The van der Waals surface area contributed by atoms with E-state index in [0.29, 0.717) is 6.61 Å². The van der Waals surface area contributed by atoms with E-state index in [4.69, 9.17) is 9.16 Å². The Morgan fingerprint density at radius 1 is 1.30 bits per heavy atom. The lowest BCUT2D eigenvalue weighted by atomic mass is 9.94. The fraction of sp³-hybridized carbons (Fsp3) is 0.438. The summed E-state index contributed by atoms with van der Waals surface area (Å²) in [6.07, 6.45) is 4.79. The van der Waals surface area contributed by atoms with E-state index in [0.717, 1.165) is 31.4 Å². The fourth-order valence-corrected chi connectivity index (χ4v) is 2.56. The second-order valence-corrected chi connectivity index (χ2v) is 4.67. The summed E-state index contributed by atoms with van der Waals surface area (Å²) in [6, 6.07) is 4.07. The molecule has 0 aliphatic carbocycles. The zero-order chi connectivity index (χ0) is 15.0. The maximum absolute atomic E-state index is 11.0. The molecule has 4 heteroatoms. The van der Waals surface area contributed by atoms with E-state index >= 15 is 0 Å². The van der Waals surface area contributed by atoms with Gasteiger partial charge in [-0.3, -0.25) is 0 Å². The maximum atomic E-state index is 11.0. The molecule has 0 spiro atoms. The summed E-state index contributed by atoms with van der Waals surface area (Å²) >= 11 is 0. The Bertz CT molecular complexity index is 469. The van der Waals surface area contributed by atoms with Gasteiger partial charge < -0.3 is 9.16 Å². The average molecular weight is 289 g/mol. The topological polar surface area (TPSA) is 35.5 Å². The molecule has 0 aliphatic heterocycles. The van der Waals surface area contributed by atoms with Crippen LogP contribution in [0.3, 0.4) is 0 Å². The molecule has 20 heavy (non-hydrogen) atoms. The highest BCUT2D eigenvalue weighted by Crippen LogP contribution is 2.27. The Morgan fingerprint density at radius 3 is 2.55 bits per heavy atom. The first-order valence-electron chi connectivity index (χ1n) is 6.94. The first-order chi connectivity index (χ1) is 9.67. The summed E-state index contributed by atoms with van der Waals surface area (Å²) in [7, 11) is 3.11. The van der Waals surface area contributed by atoms with Crippen molar-refractivity contribution >= 4 is 16.5 Å². The summed E-state index contributed by atoms with van der Waals surface area (Å²) in [5, 5.41) is 0. The highest BCUT2D eigenvalue weighted by Gasteiger charge is 2.11. The molecule has 1 rings (SSSR count). The van der Waals surface area contributed by atoms with E-state index in [1.807, 2.05) is 6.07 Å². The van der Waals surface area contributed by atoms with Crippen LogP contribution in [-0.2, 0) is 28.8 Å². The van der Waals surface area contributed by atoms with Crippen LogP contribution in [0.25, 0.3) is 0 Å². The van der Waals surface area contributed by atoms with Gasteiger partial charge in [0.05, 0.1) is 6.61 Å². The number of esters is 1. The Balaban J connectivity index is 2.75. The minimum Gasteiger partial charge on any atom is -0.540 e. The van der Waals surface area contributed by atoms with E-state index in [9.17, 15) is 4.79 Å². The van der Waals surface area contributed by atoms with Crippen molar-refractivity contribution in [1.29, 1.82) is 0 Å². The molecule has 0 fully saturated rings. The van der Waals surface area contributed by atoms with E-state index in [1.165, 1.54) is 22.8 Å². The number of hydrogen-bond donors (Lipinski definition) is 0. The Labute approximate surface area is 124 Å². The van der Waals surface area contributed by atoms with Crippen LogP contribution >= 0.6 is 0 Å².